The molecule has 1 unspecified atom stereocenters. The number of rotatable bonds is 4. The Morgan fingerprint density at radius 1 is 1.30 bits per heavy atom. The first-order valence-corrected chi connectivity index (χ1v) is 7.28. The number of aryl methyl sites for hydroxylation is 2. The fourth-order valence-electron chi connectivity index (χ4n) is 2.24. The number of carbonyl (C=O) groups is 1. The SMILES string of the molecule is Cc1cc(C(C)NC(=O)c2ccccc2NN)c(C)s1. The molecule has 1 heterocycles. The molecule has 106 valence electrons. The van der Waals surface area contributed by atoms with Crippen molar-refractivity contribution in [2.45, 2.75) is 26.8 Å². The number of hydrazine groups is 1. The standard InChI is InChI=1S/C15H19N3OS/c1-9-8-13(11(3)20-9)10(2)17-15(19)12-6-4-5-7-14(12)18-16/h4-8,10,18H,16H2,1-3H3,(H,17,19). The van der Waals surface area contributed by atoms with Crippen LogP contribution in [0.1, 0.15) is 38.6 Å². The van der Waals surface area contributed by atoms with Gasteiger partial charge in [0.1, 0.15) is 0 Å². The zero-order valence-electron chi connectivity index (χ0n) is 11.9. The van der Waals surface area contributed by atoms with E-state index in [2.05, 4.69) is 30.7 Å². The molecule has 0 aliphatic rings. The summed E-state index contributed by atoms with van der Waals surface area (Å²) >= 11 is 1.74. The molecule has 4 nitrogen and oxygen atoms in total. The van der Waals surface area contributed by atoms with Crippen LogP contribution in [0.2, 0.25) is 0 Å². The number of benzene rings is 1. The summed E-state index contributed by atoms with van der Waals surface area (Å²) in [6.45, 7) is 6.14. The number of hydrogen-bond donors (Lipinski definition) is 3. The van der Waals surface area contributed by atoms with Crippen molar-refractivity contribution < 1.29 is 4.79 Å². The number of hydrogen-bond acceptors (Lipinski definition) is 4. The molecule has 0 radical (unpaired) electrons. The lowest BCUT2D eigenvalue weighted by molar-refractivity contribution is 0.0940. The smallest absolute Gasteiger partial charge is 0.253 e. The van der Waals surface area contributed by atoms with E-state index in [0.29, 0.717) is 11.3 Å². The normalized spacial score (nSPS) is 12.0. The third kappa shape index (κ3) is 3.00. The van der Waals surface area contributed by atoms with Crippen molar-refractivity contribution in [3.8, 4) is 0 Å². The molecule has 5 heteroatoms. The predicted molar refractivity (Wildman–Crippen MR) is 83.9 cm³/mol. The summed E-state index contributed by atoms with van der Waals surface area (Å²) in [6, 6.07) is 9.28. The summed E-state index contributed by atoms with van der Waals surface area (Å²) < 4.78 is 0. The van der Waals surface area contributed by atoms with Crippen molar-refractivity contribution in [3.05, 3.63) is 51.2 Å². The molecule has 4 N–H and O–H groups in total. The Morgan fingerprint density at radius 2 is 2.00 bits per heavy atom. The van der Waals surface area contributed by atoms with Crippen molar-refractivity contribution in [2.24, 2.45) is 5.84 Å². The van der Waals surface area contributed by atoms with Crippen LogP contribution in [0.25, 0.3) is 0 Å². The highest BCUT2D eigenvalue weighted by Gasteiger charge is 2.16. The Hall–Kier alpha value is -1.85. The molecule has 1 aromatic heterocycles. The number of nitrogens with one attached hydrogen (secondary N) is 2. The number of carbonyl (C=O) groups excluding carboxylic acids is 1. The van der Waals surface area contributed by atoms with E-state index < -0.39 is 0 Å². The summed E-state index contributed by atoms with van der Waals surface area (Å²) in [6.07, 6.45) is 0. The molecule has 0 spiro atoms. The summed E-state index contributed by atoms with van der Waals surface area (Å²) in [7, 11) is 0. The lowest BCUT2D eigenvalue weighted by atomic mass is 10.1. The average Bonchev–Trinajstić information content (AvgIpc) is 2.77. The number of nitrogens with two attached hydrogens (primary N) is 1. The molecule has 1 atom stereocenters. The molecule has 0 saturated heterocycles. The zero-order chi connectivity index (χ0) is 14.7. The van der Waals surface area contributed by atoms with E-state index in [1.165, 1.54) is 15.3 Å². The molecule has 0 fully saturated rings. The van der Waals surface area contributed by atoms with Crippen molar-refractivity contribution in [3.63, 3.8) is 0 Å². The van der Waals surface area contributed by atoms with Gasteiger partial charge in [-0.05, 0) is 44.5 Å². The Labute approximate surface area is 123 Å². The Balaban J connectivity index is 2.17. The van der Waals surface area contributed by atoms with E-state index in [1.54, 1.807) is 23.5 Å². The van der Waals surface area contributed by atoms with Gasteiger partial charge in [0.25, 0.3) is 5.91 Å². The second-order valence-electron chi connectivity index (χ2n) is 4.75. The van der Waals surface area contributed by atoms with E-state index in [4.69, 9.17) is 5.84 Å². The monoisotopic (exact) mass is 289 g/mol. The molecular formula is C15H19N3OS. The second kappa shape index (κ2) is 6.07. The molecule has 0 bridgehead atoms. The van der Waals surface area contributed by atoms with Crippen LogP contribution in [-0.2, 0) is 0 Å². The second-order valence-corrected chi connectivity index (χ2v) is 6.21. The summed E-state index contributed by atoms with van der Waals surface area (Å²) in [5.41, 5.74) is 4.88. The zero-order valence-corrected chi connectivity index (χ0v) is 12.7. The fourth-order valence-corrected chi connectivity index (χ4v) is 3.26. The summed E-state index contributed by atoms with van der Waals surface area (Å²) in [5, 5.41) is 3.01. The third-order valence-corrected chi connectivity index (χ3v) is 4.20. The molecule has 1 amide bonds. The first-order valence-electron chi connectivity index (χ1n) is 6.46. The number of para-hydroxylation sites is 1. The van der Waals surface area contributed by atoms with E-state index in [-0.39, 0.29) is 11.9 Å². The summed E-state index contributed by atoms with van der Waals surface area (Å²) in [4.78, 5) is 14.8. The lowest BCUT2D eigenvalue weighted by Crippen LogP contribution is -2.28. The van der Waals surface area contributed by atoms with Crippen LogP contribution in [0.5, 0.6) is 0 Å². The highest BCUT2D eigenvalue weighted by atomic mass is 32.1. The van der Waals surface area contributed by atoms with Crippen molar-refractivity contribution in [1.29, 1.82) is 0 Å². The van der Waals surface area contributed by atoms with Gasteiger partial charge in [-0.25, -0.2) is 0 Å². The predicted octanol–water partition coefficient (Wildman–Crippen LogP) is 3.14. The van der Waals surface area contributed by atoms with Crippen LogP contribution < -0.4 is 16.6 Å². The number of amides is 1. The van der Waals surface area contributed by atoms with Crippen LogP contribution in [0.15, 0.2) is 30.3 Å². The van der Waals surface area contributed by atoms with Crippen molar-refractivity contribution in [1.82, 2.24) is 5.32 Å². The van der Waals surface area contributed by atoms with Gasteiger partial charge in [-0.1, -0.05) is 12.1 Å². The van der Waals surface area contributed by atoms with Gasteiger partial charge in [0.2, 0.25) is 0 Å². The largest absolute Gasteiger partial charge is 0.345 e. The molecule has 0 aliphatic heterocycles. The van der Waals surface area contributed by atoms with E-state index in [0.717, 1.165) is 0 Å². The van der Waals surface area contributed by atoms with E-state index in [1.807, 2.05) is 19.1 Å². The van der Waals surface area contributed by atoms with Crippen LogP contribution >= 0.6 is 11.3 Å². The molecule has 1 aromatic carbocycles. The van der Waals surface area contributed by atoms with E-state index >= 15 is 0 Å². The fraction of sp³-hybridized carbons (Fsp3) is 0.267. The van der Waals surface area contributed by atoms with Gasteiger partial charge < -0.3 is 10.7 Å². The molecule has 2 rings (SSSR count). The van der Waals surface area contributed by atoms with Crippen LogP contribution in [0, 0.1) is 13.8 Å². The maximum Gasteiger partial charge on any atom is 0.253 e. The van der Waals surface area contributed by atoms with Crippen LogP contribution in [0.4, 0.5) is 5.69 Å². The van der Waals surface area contributed by atoms with E-state index in [9.17, 15) is 4.79 Å². The van der Waals surface area contributed by atoms with Crippen LogP contribution in [-0.4, -0.2) is 5.91 Å². The molecule has 2 aromatic rings. The third-order valence-electron chi connectivity index (χ3n) is 3.22. The minimum absolute atomic E-state index is 0.0294. The highest BCUT2D eigenvalue weighted by molar-refractivity contribution is 7.12. The Bertz CT molecular complexity index is 621. The summed E-state index contributed by atoms with van der Waals surface area (Å²) in [5.74, 6) is 5.30. The average molecular weight is 289 g/mol. The molecule has 0 saturated carbocycles. The first kappa shape index (κ1) is 14.6. The first-order chi connectivity index (χ1) is 9.52. The van der Waals surface area contributed by atoms with Gasteiger partial charge in [-0.15, -0.1) is 11.3 Å². The van der Waals surface area contributed by atoms with Gasteiger partial charge in [0, 0.05) is 9.75 Å². The number of thiophene rings is 1. The Morgan fingerprint density at radius 3 is 2.60 bits per heavy atom. The van der Waals surface area contributed by atoms with Crippen molar-refractivity contribution in [2.75, 3.05) is 5.43 Å². The Kier molecular flexibility index (Phi) is 4.42. The maximum absolute atomic E-state index is 12.3. The topological polar surface area (TPSA) is 67.2 Å². The van der Waals surface area contributed by atoms with Gasteiger partial charge >= 0.3 is 0 Å². The minimum Gasteiger partial charge on any atom is -0.345 e. The minimum atomic E-state index is -0.130. The quantitative estimate of drug-likeness (QED) is 0.598. The van der Waals surface area contributed by atoms with Gasteiger partial charge in [0.15, 0.2) is 0 Å². The van der Waals surface area contributed by atoms with Gasteiger partial charge in [-0.3, -0.25) is 10.6 Å². The molecule has 0 aliphatic carbocycles. The molecular weight excluding hydrogens is 270 g/mol. The number of anilines is 1. The lowest BCUT2D eigenvalue weighted by Gasteiger charge is -2.15. The number of nitrogen functional groups attached to an aromatic ring is 1. The van der Waals surface area contributed by atoms with Gasteiger partial charge in [0.05, 0.1) is 17.3 Å². The van der Waals surface area contributed by atoms with Crippen molar-refractivity contribution >= 4 is 22.9 Å². The molecule has 20 heavy (non-hydrogen) atoms. The maximum atomic E-state index is 12.3. The van der Waals surface area contributed by atoms with Gasteiger partial charge in [-0.2, -0.15) is 0 Å². The van der Waals surface area contributed by atoms with Crippen LogP contribution in [0.3, 0.4) is 0 Å². The highest BCUT2D eigenvalue weighted by Crippen LogP contribution is 2.26.